The third-order valence-corrected chi connectivity index (χ3v) is 4.58. The highest BCUT2D eigenvalue weighted by Gasteiger charge is 2.30. The van der Waals surface area contributed by atoms with Gasteiger partial charge >= 0.3 is 6.18 Å². The maximum absolute atomic E-state index is 12.8. The van der Waals surface area contributed by atoms with Gasteiger partial charge in [-0.15, -0.1) is 0 Å². The summed E-state index contributed by atoms with van der Waals surface area (Å²) in [7, 11) is 0. The largest absolute Gasteiger partial charge is 0.416 e. The van der Waals surface area contributed by atoms with Gasteiger partial charge in [-0.2, -0.15) is 13.2 Å². The number of benzene rings is 2. The second-order valence-electron chi connectivity index (χ2n) is 6.73. The number of piperazine rings is 1. The van der Waals surface area contributed by atoms with Gasteiger partial charge in [0.25, 0.3) is 0 Å². The lowest BCUT2D eigenvalue weighted by Gasteiger charge is -2.35. The summed E-state index contributed by atoms with van der Waals surface area (Å²) < 4.78 is 38.3. The van der Waals surface area contributed by atoms with Gasteiger partial charge in [-0.25, -0.2) is 0 Å². The number of amides is 1. The zero-order valence-corrected chi connectivity index (χ0v) is 15.1. The van der Waals surface area contributed by atoms with Gasteiger partial charge in [0, 0.05) is 37.6 Å². The molecule has 2 aromatic rings. The Morgan fingerprint density at radius 1 is 1.04 bits per heavy atom. The molecule has 1 N–H and O–H groups in total. The fourth-order valence-electron chi connectivity index (χ4n) is 3.17. The van der Waals surface area contributed by atoms with Crippen LogP contribution in [0, 0.1) is 6.92 Å². The van der Waals surface area contributed by atoms with Gasteiger partial charge in [0.05, 0.1) is 12.1 Å². The number of carbonyl (C=O) groups is 1. The van der Waals surface area contributed by atoms with Gasteiger partial charge in [-0.1, -0.05) is 18.2 Å². The first-order chi connectivity index (χ1) is 12.8. The predicted molar refractivity (Wildman–Crippen MR) is 99.9 cm³/mol. The first-order valence-electron chi connectivity index (χ1n) is 8.82. The Morgan fingerprint density at radius 2 is 1.74 bits per heavy atom. The van der Waals surface area contributed by atoms with E-state index < -0.39 is 11.7 Å². The van der Waals surface area contributed by atoms with Gasteiger partial charge < -0.3 is 10.2 Å². The average Bonchev–Trinajstić information content (AvgIpc) is 2.62. The molecule has 144 valence electrons. The minimum absolute atomic E-state index is 0.160. The lowest BCUT2D eigenvalue weighted by molar-refractivity contribution is -0.137. The summed E-state index contributed by atoms with van der Waals surface area (Å²) >= 11 is 0. The van der Waals surface area contributed by atoms with Gasteiger partial charge in [-0.05, 0) is 42.8 Å². The fraction of sp³-hybridized carbons (Fsp3) is 0.350. The van der Waals surface area contributed by atoms with Crippen molar-refractivity contribution in [1.29, 1.82) is 0 Å². The minimum atomic E-state index is -4.42. The standard InChI is InChI=1S/C20H22F3N3O/c1-15-4-2-7-18(12-15)26-10-8-25(9-11-26)14-19(27)24-17-6-3-5-16(13-17)20(21,22)23/h2-7,12-13H,8-11,14H2,1H3,(H,24,27). The molecule has 1 amide bonds. The number of carbonyl (C=O) groups excluding carboxylic acids is 1. The van der Waals surface area contributed by atoms with Crippen LogP contribution in [0.3, 0.4) is 0 Å². The molecule has 1 fully saturated rings. The highest BCUT2D eigenvalue weighted by molar-refractivity contribution is 5.92. The van der Waals surface area contributed by atoms with Crippen molar-refractivity contribution in [3.05, 3.63) is 59.7 Å². The van der Waals surface area contributed by atoms with Crippen molar-refractivity contribution in [1.82, 2.24) is 4.90 Å². The molecule has 1 saturated heterocycles. The molecule has 0 atom stereocenters. The number of alkyl halides is 3. The molecule has 0 radical (unpaired) electrons. The summed E-state index contributed by atoms with van der Waals surface area (Å²) in [6, 6.07) is 13.0. The lowest BCUT2D eigenvalue weighted by atomic mass is 10.2. The van der Waals surface area contributed by atoms with E-state index in [9.17, 15) is 18.0 Å². The number of hydrogen-bond acceptors (Lipinski definition) is 3. The molecule has 0 bridgehead atoms. The molecule has 0 saturated carbocycles. The Balaban J connectivity index is 1.51. The quantitative estimate of drug-likeness (QED) is 0.881. The van der Waals surface area contributed by atoms with Crippen LogP contribution in [0.2, 0.25) is 0 Å². The van der Waals surface area contributed by atoms with Gasteiger partial charge in [-0.3, -0.25) is 9.69 Å². The summed E-state index contributed by atoms with van der Waals surface area (Å²) in [5, 5.41) is 2.56. The molecule has 0 spiro atoms. The first-order valence-corrected chi connectivity index (χ1v) is 8.82. The smallest absolute Gasteiger partial charge is 0.369 e. The molecule has 27 heavy (non-hydrogen) atoms. The second-order valence-corrected chi connectivity index (χ2v) is 6.73. The predicted octanol–water partition coefficient (Wildman–Crippen LogP) is 3.77. The number of nitrogens with zero attached hydrogens (tertiary/aromatic N) is 2. The maximum atomic E-state index is 12.8. The van der Waals surface area contributed by atoms with Crippen molar-refractivity contribution < 1.29 is 18.0 Å². The van der Waals surface area contributed by atoms with Crippen LogP contribution in [-0.4, -0.2) is 43.5 Å². The van der Waals surface area contributed by atoms with Crippen LogP contribution in [0.15, 0.2) is 48.5 Å². The van der Waals surface area contributed by atoms with E-state index in [2.05, 4.69) is 35.3 Å². The Kier molecular flexibility index (Phi) is 5.70. The molecule has 0 aliphatic carbocycles. The number of anilines is 2. The van der Waals surface area contributed by atoms with E-state index in [1.807, 2.05) is 11.0 Å². The van der Waals surface area contributed by atoms with E-state index >= 15 is 0 Å². The van der Waals surface area contributed by atoms with Crippen molar-refractivity contribution in [3.63, 3.8) is 0 Å². The van der Waals surface area contributed by atoms with Crippen LogP contribution < -0.4 is 10.2 Å². The molecule has 0 unspecified atom stereocenters. The van der Waals surface area contributed by atoms with Gasteiger partial charge in [0.15, 0.2) is 0 Å². The molecule has 2 aromatic carbocycles. The van der Waals surface area contributed by atoms with E-state index in [0.29, 0.717) is 0 Å². The second kappa shape index (κ2) is 8.00. The molecule has 1 heterocycles. The van der Waals surface area contributed by atoms with Gasteiger partial charge in [0.2, 0.25) is 5.91 Å². The molecule has 4 nitrogen and oxygen atoms in total. The number of aryl methyl sites for hydroxylation is 1. The number of rotatable bonds is 4. The monoisotopic (exact) mass is 377 g/mol. The zero-order chi connectivity index (χ0) is 19.4. The first kappa shape index (κ1) is 19.2. The molecular formula is C20H22F3N3O. The topological polar surface area (TPSA) is 35.6 Å². The Labute approximate surface area is 156 Å². The number of hydrogen-bond donors (Lipinski definition) is 1. The molecule has 1 aliphatic rings. The number of halogens is 3. The number of nitrogens with one attached hydrogen (secondary N) is 1. The van der Waals surface area contributed by atoms with Crippen LogP contribution in [0.5, 0.6) is 0 Å². The van der Waals surface area contributed by atoms with Crippen LogP contribution in [0.1, 0.15) is 11.1 Å². The molecule has 0 aromatic heterocycles. The van der Waals surface area contributed by atoms with Crippen molar-refractivity contribution in [3.8, 4) is 0 Å². The SMILES string of the molecule is Cc1cccc(N2CCN(CC(=O)Nc3cccc(C(F)(F)F)c3)CC2)c1. The minimum Gasteiger partial charge on any atom is -0.369 e. The summed E-state index contributed by atoms with van der Waals surface area (Å²) in [6.45, 7) is 5.28. The summed E-state index contributed by atoms with van der Waals surface area (Å²) in [5.74, 6) is -0.307. The third kappa shape index (κ3) is 5.23. The van der Waals surface area contributed by atoms with E-state index in [4.69, 9.17) is 0 Å². The van der Waals surface area contributed by atoms with Crippen molar-refractivity contribution in [2.24, 2.45) is 0 Å². The van der Waals surface area contributed by atoms with E-state index in [-0.39, 0.29) is 18.1 Å². The summed E-state index contributed by atoms with van der Waals surface area (Å²) in [4.78, 5) is 16.5. The van der Waals surface area contributed by atoms with Crippen molar-refractivity contribution in [2.75, 3.05) is 42.9 Å². The van der Waals surface area contributed by atoms with E-state index in [1.54, 1.807) is 0 Å². The molecule has 3 rings (SSSR count). The van der Waals surface area contributed by atoms with Crippen LogP contribution in [0.25, 0.3) is 0 Å². The lowest BCUT2D eigenvalue weighted by Crippen LogP contribution is -2.48. The molecule has 7 heteroatoms. The Morgan fingerprint density at radius 3 is 2.41 bits per heavy atom. The third-order valence-electron chi connectivity index (χ3n) is 4.58. The maximum Gasteiger partial charge on any atom is 0.416 e. The van der Waals surface area contributed by atoms with Crippen molar-refractivity contribution in [2.45, 2.75) is 13.1 Å². The highest BCUT2D eigenvalue weighted by Crippen LogP contribution is 2.30. The summed E-state index contributed by atoms with van der Waals surface area (Å²) in [5.41, 5.74) is 1.76. The molecular weight excluding hydrogens is 355 g/mol. The van der Waals surface area contributed by atoms with Crippen LogP contribution in [0.4, 0.5) is 24.5 Å². The van der Waals surface area contributed by atoms with Crippen molar-refractivity contribution >= 4 is 17.3 Å². The fourth-order valence-corrected chi connectivity index (χ4v) is 3.17. The van der Waals surface area contributed by atoms with E-state index in [1.165, 1.54) is 23.4 Å². The van der Waals surface area contributed by atoms with E-state index in [0.717, 1.165) is 38.3 Å². The Hall–Kier alpha value is -2.54. The zero-order valence-electron chi connectivity index (χ0n) is 15.1. The normalized spacial score (nSPS) is 15.6. The molecule has 1 aliphatic heterocycles. The Bertz CT molecular complexity index is 799. The van der Waals surface area contributed by atoms with Crippen LogP contribution >= 0.6 is 0 Å². The van der Waals surface area contributed by atoms with Gasteiger partial charge in [0.1, 0.15) is 0 Å². The van der Waals surface area contributed by atoms with Crippen LogP contribution in [-0.2, 0) is 11.0 Å². The summed E-state index contributed by atoms with van der Waals surface area (Å²) in [6.07, 6.45) is -4.42. The average molecular weight is 377 g/mol. The highest BCUT2D eigenvalue weighted by atomic mass is 19.4.